The minimum Gasteiger partial charge on any atom is -0.491 e. The van der Waals surface area contributed by atoms with Gasteiger partial charge in [-0.1, -0.05) is 24.3 Å². The summed E-state index contributed by atoms with van der Waals surface area (Å²) in [7, 11) is 4.22. The van der Waals surface area contributed by atoms with E-state index in [9.17, 15) is 0 Å². The highest BCUT2D eigenvalue weighted by Gasteiger charge is 2.00. The molecule has 0 aromatic heterocycles. The number of benzene rings is 2. The first-order valence-electron chi connectivity index (χ1n) is 7.56. The minimum absolute atomic E-state index is 0.539. The molecule has 2 aromatic rings. The molecule has 0 atom stereocenters. The smallest absolute Gasteiger partial charge is 0.131 e. The zero-order valence-corrected chi connectivity index (χ0v) is 13.2. The van der Waals surface area contributed by atoms with Crippen molar-refractivity contribution in [3.63, 3.8) is 0 Å². The number of hydrogen-bond acceptors (Lipinski definition) is 3. The summed E-state index contributed by atoms with van der Waals surface area (Å²) in [5, 5.41) is 0. The summed E-state index contributed by atoms with van der Waals surface area (Å²) in [6, 6.07) is 17.3. The lowest BCUT2D eigenvalue weighted by atomic mass is 10.3. The molecule has 0 saturated heterocycles. The Hall–Kier alpha value is -2.04. The van der Waals surface area contributed by atoms with E-state index in [0.29, 0.717) is 13.2 Å². The standard InChI is InChI=1S/C18H23NO3/c1-19(2)11-12-20-13-14-21-17-9-6-10-18(15-17)22-16-7-4-3-5-8-16/h3-10,15H,11-14H2,1-2H3/p+1. The largest absolute Gasteiger partial charge is 0.491 e. The van der Waals surface area contributed by atoms with E-state index in [-0.39, 0.29) is 0 Å². The van der Waals surface area contributed by atoms with Gasteiger partial charge in [0.05, 0.1) is 27.3 Å². The third kappa shape index (κ3) is 6.16. The number of rotatable bonds is 9. The average molecular weight is 302 g/mol. The molecule has 0 saturated carbocycles. The van der Waals surface area contributed by atoms with Crippen LogP contribution in [0.15, 0.2) is 54.6 Å². The van der Waals surface area contributed by atoms with Crippen molar-refractivity contribution in [1.29, 1.82) is 0 Å². The van der Waals surface area contributed by atoms with E-state index < -0.39 is 0 Å². The summed E-state index contributed by atoms with van der Waals surface area (Å²) in [5.74, 6) is 2.37. The lowest BCUT2D eigenvalue weighted by molar-refractivity contribution is -0.858. The predicted molar refractivity (Wildman–Crippen MR) is 86.9 cm³/mol. The fourth-order valence-corrected chi connectivity index (χ4v) is 1.85. The molecule has 0 aliphatic carbocycles. The Morgan fingerprint density at radius 3 is 2.27 bits per heavy atom. The first kappa shape index (κ1) is 16.3. The first-order chi connectivity index (χ1) is 10.7. The second kappa shape index (κ2) is 9.07. The fraction of sp³-hybridized carbons (Fsp3) is 0.333. The molecule has 0 aliphatic heterocycles. The van der Waals surface area contributed by atoms with Crippen LogP contribution in [0, 0.1) is 0 Å². The van der Waals surface area contributed by atoms with Gasteiger partial charge in [0, 0.05) is 6.07 Å². The molecule has 2 aromatic carbocycles. The molecular weight excluding hydrogens is 278 g/mol. The fourth-order valence-electron chi connectivity index (χ4n) is 1.85. The van der Waals surface area contributed by atoms with Gasteiger partial charge in [0.15, 0.2) is 0 Å². The minimum atomic E-state index is 0.539. The maximum atomic E-state index is 5.78. The molecule has 0 radical (unpaired) electrons. The zero-order valence-electron chi connectivity index (χ0n) is 13.2. The molecule has 0 fully saturated rings. The molecule has 118 valence electrons. The van der Waals surface area contributed by atoms with Crippen LogP contribution in [0.5, 0.6) is 17.2 Å². The van der Waals surface area contributed by atoms with E-state index in [1.165, 1.54) is 4.90 Å². The van der Waals surface area contributed by atoms with E-state index in [2.05, 4.69) is 14.1 Å². The van der Waals surface area contributed by atoms with Gasteiger partial charge < -0.3 is 19.1 Å². The van der Waals surface area contributed by atoms with Crippen molar-refractivity contribution in [2.24, 2.45) is 0 Å². The van der Waals surface area contributed by atoms with Crippen LogP contribution in [0.25, 0.3) is 0 Å². The van der Waals surface area contributed by atoms with Gasteiger partial charge in [-0.15, -0.1) is 0 Å². The van der Waals surface area contributed by atoms with Crippen molar-refractivity contribution in [2.45, 2.75) is 0 Å². The predicted octanol–water partition coefficient (Wildman–Crippen LogP) is 2.02. The Morgan fingerprint density at radius 2 is 1.50 bits per heavy atom. The average Bonchev–Trinajstić information content (AvgIpc) is 2.52. The van der Waals surface area contributed by atoms with Crippen molar-refractivity contribution in [2.75, 3.05) is 40.5 Å². The summed E-state index contributed by atoms with van der Waals surface area (Å²) >= 11 is 0. The SMILES string of the molecule is C[NH+](C)CCOCCOc1cccc(Oc2ccccc2)c1. The summed E-state index contributed by atoms with van der Waals surface area (Å²) in [6.07, 6.45) is 0. The van der Waals surface area contributed by atoms with Crippen LogP contribution in [0.2, 0.25) is 0 Å². The molecule has 0 heterocycles. The van der Waals surface area contributed by atoms with Crippen LogP contribution in [0.1, 0.15) is 0 Å². The molecule has 0 aliphatic rings. The molecule has 4 heteroatoms. The van der Waals surface area contributed by atoms with Crippen LogP contribution in [-0.4, -0.2) is 40.5 Å². The molecule has 4 nitrogen and oxygen atoms in total. The summed E-state index contributed by atoms with van der Waals surface area (Å²) in [5.41, 5.74) is 0. The number of para-hydroxylation sites is 1. The van der Waals surface area contributed by atoms with Crippen molar-refractivity contribution in [3.05, 3.63) is 54.6 Å². The van der Waals surface area contributed by atoms with Gasteiger partial charge in [-0.05, 0) is 24.3 Å². The third-order valence-corrected chi connectivity index (χ3v) is 3.03. The topological polar surface area (TPSA) is 32.1 Å². The highest BCUT2D eigenvalue weighted by molar-refractivity contribution is 5.36. The number of likely N-dealkylation sites (N-methyl/N-ethyl adjacent to an activating group) is 1. The van der Waals surface area contributed by atoms with Gasteiger partial charge in [0.2, 0.25) is 0 Å². The van der Waals surface area contributed by atoms with Gasteiger partial charge >= 0.3 is 0 Å². The number of ether oxygens (including phenoxy) is 3. The summed E-state index contributed by atoms with van der Waals surface area (Å²) < 4.78 is 17.0. The second-order valence-corrected chi connectivity index (χ2v) is 5.31. The van der Waals surface area contributed by atoms with Crippen molar-refractivity contribution >= 4 is 0 Å². The summed E-state index contributed by atoms with van der Waals surface area (Å²) in [6.45, 7) is 2.89. The highest BCUT2D eigenvalue weighted by Crippen LogP contribution is 2.24. The van der Waals surface area contributed by atoms with Gasteiger partial charge in [0.25, 0.3) is 0 Å². The van der Waals surface area contributed by atoms with E-state index in [1.807, 2.05) is 54.6 Å². The zero-order chi connectivity index (χ0) is 15.6. The lowest BCUT2D eigenvalue weighted by Gasteiger charge is -2.10. The van der Waals surface area contributed by atoms with Crippen LogP contribution >= 0.6 is 0 Å². The second-order valence-electron chi connectivity index (χ2n) is 5.31. The van der Waals surface area contributed by atoms with Crippen molar-refractivity contribution in [3.8, 4) is 17.2 Å². The lowest BCUT2D eigenvalue weighted by Crippen LogP contribution is -3.06. The Balaban J connectivity index is 1.74. The molecule has 2 rings (SSSR count). The van der Waals surface area contributed by atoms with Crippen LogP contribution in [0.4, 0.5) is 0 Å². The molecule has 22 heavy (non-hydrogen) atoms. The molecule has 1 N–H and O–H groups in total. The quantitative estimate of drug-likeness (QED) is 0.719. The maximum absolute atomic E-state index is 5.78. The van der Waals surface area contributed by atoms with E-state index >= 15 is 0 Å². The Bertz CT molecular complexity index is 543. The Morgan fingerprint density at radius 1 is 0.773 bits per heavy atom. The van der Waals surface area contributed by atoms with E-state index in [1.54, 1.807) is 0 Å². The number of hydrogen-bond donors (Lipinski definition) is 1. The monoisotopic (exact) mass is 302 g/mol. The Kier molecular flexibility index (Phi) is 6.74. The normalized spacial score (nSPS) is 10.7. The molecule has 0 unspecified atom stereocenters. The van der Waals surface area contributed by atoms with Crippen molar-refractivity contribution < 1.29 is 19.1 Å². The summed E-state index contributed by atoms with van der Waals surface area (Å²) in [4.78, 5) is 1.38. The Labute approximate surface area is 132 Å². The molecule has 0 spiro atoms. The van der Waals surface area contributed by atoms with Gasteiger partial charge in [-0.25, -0.2) is 0 Å². The van der Waals surface area contributed by atoms with E-state index in [4.69, 9.17) is 14.2 Å². The molecular formula is C18H24NO3+. The van der Waals surface area contributed by atoms with Crippen LogP contribution in [-0.2, 0) is 4.74 Å². The van der Waals surface area contributed by atoms with Gasteiger partial charge in [0.1, 0.15) is 30.4 Å². The number of nitrogens with one attached hydrogen (secondary N) is 1. The van der Waals surface area contributed by atoms with Gasteiger partial charge in [-0.3, -0.25) is 0 Å². The van der Waals surface area contributed by atoms with Gasteiger partial charge in [-0.2, -0.15) is 0 Å². The number of quaternary nitrogens is 1. The van der Waals surface area contributed by atoms with Crippen molar-refractivity contribution in [1.82, 2.24) is 0 Å². The maximum Gasteiger partial charge on any atom is 0.131 e. The molecule has 0 bridgehead atoms. The highest BCUT2D eigenvalue weighted by atomic mass is 16.5. The van der Waals surface area contributed by atoms with Crippen LogP contribution < -0.4 is 14.4 Å². The van der Waals surface area contributed by atoms with E-state index in [0.717, 1.165) is 30.4 Å². The van der Waals surface area contributed by atoms with Crippen LogP contribution in [0.3, 0.4) is 0 Å². The molecule has 0 amide bonds. The third-order valence-electron chi connectivity index (χ3n) is 3.03. The first-order valence-corrected chi connectivity index (χ1v) is 7.56.